The Hall–Kier alpha value is -0.990. The molecule has 0 aromatic heterocycles. The Balaban J connectivity index is 2.02. The van der Waals surface area contributed by atoms with E-state index in [1.807, 2.05) is 0 Å². The van der Waals surface area contributed by atoms with Gasteiger partial charge in [-0.1, -0.05) is 18.2 Å². The molecule has 1 aromatic carbocycles. The van der Waals surface area contributed by atoms with Gasteiger partial charge >= 0.3 is 0 Å². The van der Waals surface area contributed by atoms with E-state index in [-0.39, 0.29) is 18.9 Å². The second-order valence-corrected chi connectivity index (χ2v) is 8.12. The topological polar surface area (TPSA) is 126 Å². The molecule has 0 amide bonds. The number of para-hydroxylation sites is 1. The molecule has 1 aliphatic rings. The summed E-state index contributed by atoms with van der Waals surface area (Å²) in [5.41, 5.74) is 0. The first kappa shape index (κ1) is 19.3. The van der Waals surface area contributed by atoms with E-state index < -0.39 is 38.1 Å². The van der Waals surface area contributed by atoms with Crippen molar-refractivity contribution in [2.24, 2.45) is 0 Å². The Labute approximate surface area is 140 Å². The molecule has 1 heterocycles. The highest BCUT2D eigenvalue weighted by Crippen LogP contribution is 2.42. The van der Waals surface area contributed by atoms with E-state index in [4.69, 9.17) is 9.47 Å². The van der Waals surface area contributed by atoms with E-state index in [0.29, 0.717) is 5.75 Å². The molecular weight excluding hydrogens is 339 g/mol. The van der Waals surface area contributed by atoms with E-state index in [1.165, 1.54) is 7.11 Å². The van der Waals surface area contributed by atoms with Gasteiger partial charge in [0.15, 0.2) is 0 Å². The normalized spacial score (nSPS) is 33.0. The molecular formula is C15H23O8P. The van der Waals surface area contributed by atoms with Crippen LogP contribution in [-0.2, 0) is 14.0 Å². The average Bonchev–Trinajstić information content (AvgIpc) is 2.55. The third kappa shape index (κ3) is 5.00. The van der Waals surface area contributed by atoms with Gasteiger partial charge in [-0.05, 0) is 18.6 Å². The maximum absolute atomic E-state index is 11.8. The van der Waals surface area contributed by atoms with Crippen LogP contribution in [0.3, 0.4) is 0 Å². The number of methoxy groups -OCH3 is 1. The summed E-state index contributed by atoms with van der Waals surface area (Å²) in [4.78, 5) is 9.70. The highest BCUT2D eigenvalue weighted by atomic mass is 31.2. The molecule has 8 nitrogen and oxygen atoms in total. The first-order valence-corrected chi connectivity index (χ1v) is 9.58. The molecule has 0 spiro atoms. The monoisotopic (exact) mass is 362 g/mol. The van der Waals surface area contributed by atoms with Crippen LogP contribution < -0.4 is 4.74 Å². The number of hydrogen-bond donors (Lipinski definition) is 4. The predicted molar refractivity (Wildman–Crippen MR) is 84.9 cm³/mol. The van der Waals surface area contributed by atoms with Gasteiger partial charge < -0.3 is 34.4 Å². The number of rotatable bonds is 7. The molecule has 24 heavy (non-hydrogen) atoms. The fourth-order valence-corrected chi connectivity index (χ4v) is 3.67. The molecule has 2 rings (SSSR count). The Morgan fingerprint density at radius 2 is 1.79 bits per heavy atom. The second kappa shape index (κ2) is 8.40. The van der Waals surface area contributed by atoms with Crippen molar-refractivity contribution in [1.29, 1.82) is 0 Å². The lowest BCUT2D eigenvalue weighted by molar-refractivity contribution is -0.272. The quantitative estimate of drug-likeness (QED) is 0.505. The largest absolute Gasteiger partial charge is 0.462 e. The van der Waals surface area contributed by atoms with Gasteiger partial charge in [0, 0.05) is 13.3 Å². The van der Waals surface area contributed by atoms with E-state index in [2.05, 4.69) is 4.74 Å². The maximum Gasteiger partial charge on any atom is 0.229 e. The van der Waals surface area contributed by atoms with Crippen LogP contribution in [0, 0.1) is 0 Å². The Morgan fingerprint density at radius 3 is 2.42 bits per heavy atom. The average molecular weight is 362 g/mol. The van der Waals surface area contributed by atoms with Crippen molar-refractivity contribution in [2.45, 2.75) is 37.1 Å². The van der Waals surface area contributed by atoms with Crippen molar-refractivity contribution >= 4 is 7.37 Å². The summed E-state index contributed by atoms with van der Waals surface area (Å²) >= 11 is 0. The minimum Gasteiger partial charge on any atom is -0.462 e. The minimum atomic E-state index is -3.51. The van der Waals surface area contributed by atoms with Gasteiger partial charge in [0.1, 0.15) is 30.4 Å². The van der Waals surface area contributed by atoms with Crippen LogP contribution in [0.1, 0.15) is 6.42 Å². The molecule has 0 radical (unpaired) electrons. The molecule has 1 saturated heterocycles. The van der Waals surface area contributed by atoms with Crippen LogP contribution in [0.2, 0.25) is 0 Å². The molecule has 1 fully saturated rings. The minimum absolute atomic E-state index is 0.0106. The number of aliphatic hydroxyl groups is 3. The number of benzene rings is 1. The molecule has 1 aromatic rings. The molecule has 0 saturated carbocycles. The van der Waals surface area contributed by atoms with Gasteiger partial charge in [0.05, 0.1) is 6.10 Å². The summed E-state index contributed by atoms with van der Waals surface area (Å²) in [6.07, 6.45) is -6.91. The summed E-state index contributed by atoms with van der Waals surface area (Å²) in [5, 5.41) is 30.0. The van der Waals surface area contributed by atoms with Crippen LogP contribution in [0.15, 0.2) is 30.3 Å². The van der Waals surface area contributed by atoms with Crippen LogP contribution in [-0.4, -0.2) is 70.5 Å². The van der Waals surface area contributed by atoms with E-state index in [0.717, 1.165) is 0 Å². The van der Waals surface area contributed by atoms with Crippen molar-refractivity contribution in [1.82, 2.24) is 0 Å². The number of hydrogen-bond acceptors (Lipinski definition) is 7. The van der Waals surface area contributed by atoms with Gasteiger partial charge in [-0.15, -0.1) is 0 Å². The van der Waals surface area contributed by atoms with Crippen LogP contribution >= 0.6 is 7.37 Å². The highest BCUT2D eigenvalue weighted by Gasteiger charge is 2.45. The molecule has 9 heteroatoms. The Kier molecular flexibility index (Phi) is 6.77. The molecule has 4 N–H and O–H groups in total. The highest BCUT2D eigenvalue weighted by molar-refractivity contribution is 7.57. The third-order valence-electron chi connectivity index (χ3n) is 3.76. The molecule has 1 unspecified atom stereocenters. The lowest BCUT2D eigenvalue weighted by Crippen LogP contribution is -2.59. The zero-order chi connectivity index (χ0) is 17.7. The van der Waals surface area contributed by atoms with Crippen molar-refractivity contribution in [3.05, 3.63) is 30.3 Å². The van der Waals surface area contributed by atoms with Crippen LogP contribution in [0.5, 0.6) is 5.75 Å². The van der Waals surface area contributed by atoms with Crippen molar-refractivity contribution in [3.8, 4) is 5.75 Å². The van der Waals surface area contributed by atoms with Gasteiger partial charge in [-0.25, -0.2) is 0 Å². The zero-order valence-electron chi connectivity index (χ0n) is 13.3. The lowest BCUT2D eigenvalue weighted by atomic mass is 9.97. The maximum atomic E-state index is 11.8. The molecule has 0 bridgehead atoms. The number of aliphatic hydroxyl groups excluding tert-OH is 3. The lowest BCUT2D eigenvalue weighted by Gasteiger charge is -2.40. The van der Waals surface area contributed by atoms with Crippen LogP contribution in [0.4, 0.5) is 0 Å². The summed E-state index contributed by atoms with van der Waals surface area (Å²) in [6, 6.07) is 8.58. The van der Waals surface area contributed by atoms with Gasteiger partial charge in [0.25, 0.3) is 0 Å². The molecule has 6 atom stereocenters. The Bertz CT molecular complexity index is 554. The third-order valence-corrected chi connectivity index (χ3v) is 5.38. The van der Waals surface area contributed by atoms with Crippen molar-refractivity contribution in [3.63, 3.8) is 0 Å². The first-order valence-electron chi connectivity index (χ1n) is 7.55. The van der Waals surface area contributed by atoms with Gasteiger partial charge in [0.2, 0.25) is 13.7 Å². The van der Waals surface area contributed by atoms with Gasteiger partial charge in [-0.2, -0.15) is 0 Å². The van der Waals surface area contributed by atoms with E-state index in [1.54, 1.807) is 30.3 Å². The van der Waals surface area contributed by atoms with Crippen molar-refractivity contribution < 1.29 is 39.0 Å². The zero-order valence-corrected chi connectivity index (χ0v) is 14.2. The SMILES string of the molecule is COCP(=O)(O)CC[C@H]1O[C@H](Oc2ccccc2)[C@@H](O)[C@@H](O)[C@@H]1O. The molecule has 136 valence electrons. The summed E-state index contributed by atoms with van der Waals surface area (Å²) < 4.78 is 27.5. The summed E-state index contributed by atoms with van der Waals surface area (Å²) in [6.45, 7) is 0. The molecule has 0 aliphatic carbocycles. The van der Waals surface area contributed by atoms with Crippen molar-refractivity contribution in [2.75, 3.05) is 19.6 Å². The smallest absolute Gasteiger partial charge is 0.229 e. The van der Waals surface area contributed by atoms with Gasteiger partial charge in [-0.3, -0.25) is 4.57 Å². The first-order chi connectivity index (χ1) is 11.3. The molecule has 1 aliphatic heterocycles. The standard InChI is InChI=1S/C15H23O8P/c1-21-9-24(19,20)8-7-11-12(16)13(17)14(18)15(23-11)22-10-5-3-2-4-6-10/h2-6,11-18H,7-9H2,1H3,(H,19,20)/t11-,12-,13+,14+,15+/m1/s1. The Morgan fingerprint density at radius 1 is 1.12 bits per heavy atom. The second-order valence-electron chi connectivity index (χ2n) is 5.72. The predicted octanol–water partition coefficient (Wildman–Crippen LogP) is 0.137. The fraction of sp³-hybridized carbons (Fsp3) is 0.600. The summed E-state index contributed by atoms with van der Waals surface area (Å²) in [7, 11) is -2.19. The summed E-state index contributed by atoms with van der Waals surface area (Å²) in [5.74, 6) is 0.427. The fourth-order valence-electron chi connectivity index (χ4n) is 2.48. The number of ether oxygens (including phenoxy) is 3. The van der Waals surface area contributed by atoms with Crippen LogP contribution in [0.25, 0.3) is 0 Å². The van der Waals surface area contributed by atoms with E-state index >= 15 is 0 Å². The van der Waals surface area contributed by atoms with E-state index in [9.17, 15) is 24.8 Å².